The Hall–Kier alpha value is -2.90. The predicted molar refractivity (Wildman–Crippen MR) is 89.7 cm³/mol. The molecule has 0 aliphatic carbocycles. The fourth-order valence-corrected chi connectivity index (χ4v) is 2.34. The lowest BCUT2D eigenvalue weighted by Crippen LogP contribution is -2.33. The molecule has 0 spiro atoms. The second kappa shape index (κ2) is 8.27. The quantitative estimate of drug-likeness (QED) is 0.569. The van der Waals surface area contributed by atoms with Gasteiger partial charge in [-0.05, 0) is 38.0 Å². The molecule has 0 saturated carbocycles. The molecule has 0 radical (unpaired) electrons. The van der Waals surface area contributed by atoms with Crippen molar-refractivity contribution in [3.63, 3.8) is 0 Å². The second-order valence-electron chi connectivity index (χ2n) is 5.80. The molecule has 1 heterocycles. The number of urea groups is 1. The number of anilines is 1. The maximum Gasteiger partial charge on any atom is 0.324 e. The number of imide groups is 1. The third-order valence-corrected chi connectivity index (χ3v) is 3.66. The van der Waals surface area contributed by atoms with Gasteiger partial charge >= 0.3 is 12.0 Å². The Morgan fingerprint density at radius 3 is 2.76 bits per heavy atom. The van der Waals surface area contributed by atoms with E-state index in [0.29, 0.717) is 5.69 Å². The zero-order chi connectivity index (χ0) is 18.4. The number of carbonyl (C=O) groups excluding carboxylic acids is 4. The minimum atomic E-state index is -0.940. The third-order valence-electron chi connectivity index (χ3n) is 3.66. The number of hydrogen-bond donors (Lipinski definition) is 2. The minimum Gasteiger partial charge on any atom is -0.453 e. The van der Waals surface area contributed by atoms with E-state index < -0.39 is 24.0 Å². The van der Waals surface area contributed by atoms with E-state index in [1.807, 2.05) is 25.1 Å². The highest BCUT2D eigenvalue weighted by atomic mass is 16.5. The van der Waals surface area contributed by atoms with Crippen molar-refractivity contribution in [1.29, 1.82) is 0 Å². The molecule has 1 fully saturated rings. The number of ether oxygens (including phenoxy) is 1. The molecule has 1 atom stereocenters. The highest BCUT2D eigenvalue weighted by molar-refractivity contribution is 6.01. The number of nitrogens with zero attached hydrogens (tertiary/aromatic N) is 1. The molecular formula is C17H21N3O5. The van der Waals surface area contributed by atoms with Gasteiger partial charge in [0.1, 0.15) is 0 Å². The van der Waals surface area contributed by atoms with Crippen molar-refractivity contribution in [2.24, 2.45) is 0 Å². The lowest BCUT2D eigenvalue weighted by Gasteiger charge is -2.15. The van der Waals surface area contributed by atoms with E-state index in [0.717, 1.165) is 10.5 Å². The van der Waals surface area contributed by atoms with Gasteiger partial charge in [0.2, 0.25) is 5.91 Å². The summed E-state index contributed by atoms with van der Waals surface area (Å²) < 4.78 is 5.08. The largest absolute Gasteiger partial charge is 0.453 e. The maximum absolute atomic E-state index is 12.0. The third kappa shape index (κ3) is 5.30. The van der Waals surface area contributed by atoms with E-state index in [1.54, 1.807) is 6.07 Å². The Kier molecular flexibility index (Phi) is 6.10. The summed E-state index contributed by atoms with van der Waals surface area (Å²) in [5.74, 6) is -1.30. The normalized spacial score (nSPS) is 14.9. The van der Waals surface area contributed by atoms with Crippen LogP contribution in [0.5, 0.6) is 0 Å². The number of rotatable bonds is 7. The molecule has 8 nitrogen and oxygen atoms in total. The van der Waals surface area contributed by atoms with Crippen LogP contribution in [0, 0.1) is 6.92 Å². The standard InChI is InChI=1S/C17H21N3O5/c1-11-5-3-6-13(9-11)19-16(23)12(2)25-15(22)7-4-8-20-14(21)10-18-17(20)24/h3,5-6,9,12H,4,7-8,10H2,1-2H3,(H,18,24)(H,19,23)/t12-/m1/s1. The van der Waals surface area contributed by atoms with E-state index in [2.05, 4.69) is 10.6 Å². The monoisotopic (exact) mass is 347 g/mol. The second-order valence-corrected chi connectivity index (χ2v) is 5.80. The van der Waals surface area contributed by atoms with Crippen molar-refractivity contribution in [1.82, 2.24) is 10.2 Å². The van der Waals surface area contributed by atoms with Gasteiger partial charge in [-0.3, -0.25) is 19.3 Å². The van der Waals surface area contributed by atoms with Crippen molar-refractivity contribution in [3.05, 3.63) is 29.8 Å². The molecule has 134 valence electrons. The number of hydrogen-bond acceptors (Lipinski definition) is 5. The van der Waals surface area contributed by atoms with Crippen LogP contribution in [0.15, 0.2) is 24.3 Å². The Balaban J connectivity index is 1.73. The Bertz CT molecular complexity index is 673. The highest BCUT2D eigenvalue weighted by Gasteiger charge is 2.28. The SMILES string of the molecule is Cc1cccc(NC(=O)[C@@H](C)OC(=O)CCCN2C(=O)CNC2=O)c1. The van der Waals surface area contributed by atoms with Gasteiger partial charge in [-0.1, -0.05) is 12.1 Å². The molecule has 0 unspecified atom stereocenters. The summed E-state index contributed by atoms with van der Waals surface area (Å²) in [5, 5.41) is 5.08. The first-order valence-corrected chi connectivity index (χ1v) is 8.02. The molecular weight excluding hydrogens is 326 g/mol. The maximum atomic E-state index is 12.0. The molecule has 25 heavy (non-hydrogen) atoms. The number of amides is 4. The molecule has 4 amide bonds. The van der Waals surface area contributed by atoms with Crippen LogP contribution in [0.2, 0.25) is 0 Å². The lowest BCUT2D eigenvalue weighted by atomic mass is 10.2. The Labute approximate surface area is 145 Å². The van der Waals surface area contributed by atoms with Gasteiger partial charge in [0.25, 0.3) is 5.91 Å². The first-order chi connectivity index (χ1) is 11.9. The fourth-order valence-electron chi connectivity index (χ4n) is 2.34. The molecule has 0 aromatic heterocycles. The van der Waals surface area contributed by atoms with Gasteiger partial charge in [-0.25, -0.2) is 4.79 Å². The zero-order valence-corrected chi connectivity index (χ0v) is 14.2. The average molecular weight is 347 g/mol. The molecule has 8 heteroatoms. The Morgan fingerprint density at radius 2 is 2.12 bits per heavy atom. The molecule has 0 bridgehead atoms. The molecule has 2 rings (SSSR count). The van der Waals surface area contributed by atoms with E-state index in [4.69, 9.17) is 4.74 Å². The van der Waals surface area contributed by atoms with E-state index in [1.165, 1.54) is 6.92 Å². The van der Waals surface area contributed by atoms with E-state index in [9.17, 15) is 19.2 Å². The van der Waals surface area contributed by atoms with Crippen molar-refractivity contribution in [3.8, 4) is 0 Å². The number of benzene rings is 1. The summed E-state index contributed by atoms with van der Waals surface area (Å²) in [5.41, 5.74) is 1.63. The molecule has 1 saturated heterocycles. The van der Waals surface area contributed by atoms with Gasteiger partial charge in [-0.15, -0.1) is 0 Å². The van der Waals surface area contributed by atoms with Gasteiger partial charge in [-0.2, -0.15) is 0 Å². The molecule has 1 aromatic carbocycles. The van der Waals surface area contributed by atoms with Crippen LogP contribution in [0.25, 0.3) is 0 Å². The van der Waals surface area contributed by atoms with Crippen LogP contribution < -0.4 is 10.6 Å². The topological polar surface area (TPSA) is 105 Å². The van der Waals surface area contributed by atoms with Crippen LogP contribution in [0.1, 0.15) is 25.3 Å². The summed E-state index contributed by atoms with van der Waals surface area (Å²) >= 11 is 0. The van der Waals surface area contributed by atoms with Crippen LogP contribution in [0.3, 0.4) is 0 Å². The number of esters is 1. The smallest absolute Gasteiger partial charge is 0.324 e. The van der Waals surface area contributed by atoms with Gasteiger partial charge in [0.15, 0.2) is 6.10 Å². The number of carbonyl (C=O) groups is 4. The van der Waals surface area contributed by atoms with Crippen LogP contribution in [0.4, 0.5) is 10.5 Å². The average Bonchev–Trinajstić information content (AvgIpc) is 2.86. The van der Waals surface area contributed by atoms with Crippen LogP contribution >= 0.6 is 0 Å². The zero-order valence-electron chi connectivity index (χ0n) is 14.2. The van der Waals surface area contributed by atoms with Gasteiger partial charge in [0, 0.05) is 18.7 Å². The van der Waals surface area contributed by atoms with Gasteiger partial charge < -0.3 is 15.4 Å². The molecule has 1 aliphatic rings. The summed E-state index contributed by atoms with van der Waals surface area (Å²) in [7, 11) is 0. The van der Waals surface area contributed by atoms with Crippen molar-refractivity contribution >= 4 is 29.5 Å². The molecule has 2 N–H and O–H groups in total. The highest BCUT2D eigenvalue weighted by Crippen LogP contribution is 2.11. The van der Waals surface area contributed by atoms with E-state index >= 15 is 0 Å². The fraction of sp³-hybridized carbons (Fsp3) is 0.412. The number of aryl methyl sites for hydroxylation is 1. The summed E-state index contributed by atoms with van der Waals surface area (Å²) in [4.78, 5) is 47.6. The summed E-state index contributed by atoms with van der Waals surface area (Å²) in [6.45, 7) is 3.52. The van der Waals surface area contributed by atoms with Gasteiger partial charge in [0.05, 0.1) is 6.54 Å². The van der Waals surface area contributed by atoms with E-state index in [-0.39, 0.29) is 31.8 Å². The van der Waals surface area contributed by atoms with Crippen LogP contribution in [-0.2, 0) is 19.1 Å². The van der Waals surface area contributed by atoms with Crippen molar-refractivity contribution in [2.75, 3.05) is 18.4 Å². The predicted octanol–water partition coefficient (Wildman–Crippen LogP) is 1.20. The van der Waals surface area contributed by atoms with Crippen molar-refractivity contribution < 1.29 is 23.9 Å². The minimum absolute atomic E-state index is 0.0130. The first kappa shape index (κ1) is 18.4. The summed E-state index contributed by atoms with van der Waals surface area (Å²) in [6, 6.07) is 6.83. The first-order valence-electron chi connectivity index (χ1n) is 8.02. The van der Waals surface area contributed by atoms with Crippen molar-refractivity contribution in [2.45, 2.75) is 32.8 Å². The lowest BCUT2D eigenvalue weighted by molar-refractivity contribution is -0.153. The molecule has 1 aromatic rings. The summed E-state index contributed by atoms with van der Waals surface area (Å²) in [6.07, 6.45) is -0.645. The number of nitrogens with one attached hydrogen (secondary N) is 2. The molecule has 1 aliphatic heterocycles. The Morgan fingerprint density at radius 1 is 1.36 bits per heavy atom. The van der Waals surface area contributed by atoms with Crippen LogP contribution in [-0.4, -0.2) is 47.9 Å².